The zero-order valence-corrected chi connectivity index (χ0v) is 56.5. The zero-order valence-electron chi connectivity index (χ0n) is 62.5. The van der Waals surface area contributed by atoms with Crippen LogP contribution in [-0.4, -0.2) is 58.1 Å². The highest BCUT2D eigenvalue weighted by Gasteiger charge is 2.31. The van der Waals surface area contributed by atoms with Gasteiger partial charge in [0, 0.05) is 133 Å². The number of para-hydroxylation sites is 2. The minimum Gasteiger partial charge on any atom is -0.303 e. The summed E-state index contributed by atoms with van der Waals surface area (Å²) >= 11 is 0. The van der Waals surface area contributed by atoms with Crippen molar-refractivity contribution in [3.63, 3.8) is 0 Å². The molecule has 16 heteroatoms. The third-order valence-electron chi connectivity index (χ3n) is 19.6. The summed E-state index contributed by atoms with van der Waals surface area (Å²) < 4.78 is 65.3. The number of imidazole rings is 4. The van der Waals surface area contributed by atoms with Crippen LogP contribution in [0.1, 0.15) is 132 Å². The second-order valence-corrected chi connectivity index (χ2v) is 25.9. The van der Waals surface area contributed by atoms with Gasteiger partial charge in [-0.15, -0.1) is 0 Å². The Kier molecular flexibility index (Phi) is 13.4. The van der Waals surface area contributed by atoms with Gasteiger partial charge in [0.2, 0.25) is 0 Å². The van der Waals surface area contributed by atoms with E-state index >= 15 is 0 Å². The van der Waals surface area contributed by atoms with Crippen molar-refractivity contribution in [2.45, 2.75) is 122 Å². The number of rotatable bonds is 4. The van der Waals surface area contributed by atoms with Gasteiger partial charge in [-0.1, -0.05) is 32.1 Å². The Morgan fingerprint density at radius 2 is 0.723 bits per heavy atom. The topological polar surface area (TPSA) is 138 Å². The average Bonchev–Trinajstić information content (AvgIpc) is 1.57. The molecule has 0 N–H and O–H groups in total. The van der Waals surface area contributed by atoms with Crippen LogP contribution in [0.3, 0.4) is 0 Å². The van der Waals surface area contributed by atoms with Crippen molar-refractivity contribution in [1.82, 2.24) is 58.1 Å². The Bertz CT molecular complexity index is 5570. The minimum absolute atomic E-state index is 0.444. The van der Waals surface area contributed by atoms with E-state index < -0.39 is 13.7 Å². The molecule has 0 aliphatic carbocycles. The number of hydrogen-bond acceptors (Lipinski definition) is 8. The van der Waals surface area contributed by atoms with E-state index in [1.165, 1.54) is 72.8 Å². The first kappa shape index (κ1) is 54.1. The SMILES string of the molecule is Cc1cc(-c2cc3c(c(C)c2C)Cc2nc(C)cn2-3)[n+](C)cn1.Cc1cc(-c2cc3c(c(C)c2C)Cc2nc4ccccc4n2-3)[n+](C)cn1.[2H]C([2H])([2H])c1c(C)c(-c2cc(C)nc[n+]2C)cc2c1Cc1nc(C)cn1-2.[2H]C([2H])([2H])c1c(C)c(-c2cc(C)nc[n+]2C)cc2c1Cc1nccn1-2. The first-order valence-corrected chi connectivity index (χ1v) is 31.9. The molecule has 0 atom stereocenters. The number of benzene rings is 5. The predicted molar refractivity (Wildman–Crippen MR) is 367 cm³/mol. The second kappa shape index (κ2) is 23.3. The van der Waals surface area contributed by atoms with E-state index in [1.807, 2.05) is 118 Å². The monoisotopic (exact) mass is 1250 g/mol. The second-order valence-electron chi connectivity index (χ2n) is 25.9. The summed E-state index contributed by atoms with van der Waals surface area (Å²) in [7, 11) is 7.96. The minimum atomic E-state index is -2.18. The van der Waals surface area contributed by atoms with Crippen molar-refractivity contribution in [3.8, 4) is 67.8 Å². The Labute approximate surface area is 558 Å². The predicted octanol–water partition coefficient (Wildman–Crippen LogP) is 12.1. The molecule has 0 bridgehead atoms. The van der Waals surface area contributed by atoms with Gasteiger partial charge < -0.3 is 13.7 Å². The van der Waals surface area contributed by atoms with Crippen LogP contribution in [0.15, 0.2) is 123 Å². The van der Waals surface area contributed by atoms with Gasteiger partial charge in [0.25, 0.3) is 25.3 Å². The normalized spacial score (nSPS) is 13.6. The van der Waals surface area contributed by atoms with Crippen molar-refractivity contribution in [2.75, 3.05) is 0 Å². The molecular formula is C78H82N16+4. The molecule has 94 heavy (non-hydrogen) atoms. The number of aromatic nitrogens is 16. The highest BCUT2D eigenvalue weighted by atomic mass is 15.1. The molecular weight excluding hydrogens is 1160 g/mol. The molecule has 17 rings (SSSR count). The maximum absolute atomic E-state index is 8.12. The van der Waals surface area contributed by atoms with Crippen LogP contribution in [0, 0.1) is 96.8 Å². The Morgan fingerprint density at radius 1 is 0.362 bits per heavy atom. The summed E-state index contributed by atoms with van der Waals surface area (Å²) in [5.74, 6) is 4.06. The number of fused-ring (bicyclic) bond motifs is 14. The van der Waals surface area contributed by atoms with Gasteiger partial charge in [-0.05, 0) is 172 Å². The van der Waals surface area contributed by atoms with E-state index in [2.05, 4.69) is 169 Å². The molecule has 0 spiro atoms. The van der Waals surface area contributed by atoms with Crippen LogP contribution in [0.25, 0.3) is 78.8 Å². The van der Waals surface area contributed by atoms with Crippen molar-refractivity contribution >= 4 is 11.0 Å². The molecule has 4 aliphatic rings. The van der Waals surface area contributed by atoms with Crippen LogP contribution in [0.5, 0.6) is 0 Å². The molecule has 470 valence electrons. The zero-order chi connectivity index (χ0) is 71.0. The van der Waals surface area contributed by atoms with E-state index in [4.69, 9.17) is 13.2 Å². The number of nitrogens with zero attached hydrogens (tertiary/aromatic N) is 16. The maximum atomic E-state index is 8.12. The molecule has 0 fully saturated rings. The van der Waals surface area contributed by atoms with E-state index in [9.17, 15) is 0 Å². The molecule has 16 nitrogen and oxygen atoms in total. The molecule has 0 radical (unpaired) electrons. The van der Waals surface area contributed by atoms with Gasteiger partial charge in [0.15, 0.2) is 22.8 Å². The number of aryl methyl sites for hydroxylation is 10. The van der Waals surface area contributed by atoms with Crippen molar-refractivity contribution in [3.05, 3.63) is 247 Å². The highest BCUT2D eigenvalue weighted by molar-refractivity contribution is 5.82. The summed E-state index contributed by atoms with van der Waals surface area (Å²) in [4.78, 5) is 35.8. The van der Waals surface area contributed by atoms with Crippen LogP contribution < -0.4 is 18.3 Å². The largest absolute Gasteiger partial charge is 0.303 e. The standard InChI is InChI=1S/C22H21N4.2C19H21N4.C18H19N4/c1-13-9-20(25(4)12-23-13)16-10-21-17(15(3)14(16)2)11-22-24-18-7-5-6-8-19(18)26(21)22;2*1-11-6-17(22(5)10-20-11)15-7-18-16(14(4)13(15)3)8-19-21-12(2)9-23(18)19;1-11-7-16(21(4)10-20-11)14-8-17-15(13(3)12(14)2)9-18-19-5-6-22(17)18/h5-10,12H,11H2,1-4H3;2*6-7,9-10H,8H2,1-5H3;5-8,10H,9H2,1-4H3/q4*+1/i;4D3;;3D3. The average molecular weight is 1250 g/mol. The van der Waals surface area contributed by atoms with E-state index in [-0.39, 0.29) is 0 Å². The third-order valence-corrected chi connectivity index (χ3v) is 19.6. The maximum Gasteiger partial charge on any atom is 0.286 e. The summed E-state index contributed by atoms with van der Waals surface area (Å²) in [5, 5.41) is 0. The first-order chi connectivity index (χ1) is 47.4. The summed E-state index contributed by atoms with van der Waals surface area (Å²) in [6, 6.07) is 25.5. The van der Waals surface area contributed by atoms with E-state index in [0.717, 1.165) is 132 Å². The molecule has 5 aromatic carbocycles. The van der Waals surface area contributed by atoms with E-state index in [0.29, 0.717) is 24.0 Å². The van der Waals surface area contributed by atoms with E-state index in [1.54, 1.807) is 18.9 Å². The fourth-order valence-corrected chi connectivity index (χ4v) is 14.2. The van der Waals surface area contributed by atoms with Crippen LogP contribution in [0.4, 0.5) is 0 Å². The lowest BCUT2D eigenvalue weighted by Crippen LogP contribution is -2.31. The fourth-order valence-electron chi connectivity index (χ4n) is 14.2. The lowest BCUT2D eigenvalue weighted by atomic mass is 9.93. The summed E-state index contributed by atoms with van der Waals surface area (Å²) in [5.41, 5.74) is 33.6. The number of hydrogen-bond donors (Lipinski definition) is 0. The molecule has 12 heterocycles. The molecule has 4 aliphatic heterocycles. The smallest absolute Gasteiger partial charge is 0.286 e. The van der Waals surface area contributed by atoms with Crippen molar-refractivity contribution in [1.29, 1.82) is 0 Å². The molecule has 0 saturated carbocycles. The fraction of sp³-hybridized carbons (Fsp3) is 0.282. The van der Waals surface area contributed by atoms with Gasteiger partial charge in [0.1, 0.15) is 46.1 Å². The Morgan fingerprint density at radius 3 is 1.16 bits per heavy atom. The molecule has 0 unspecified atom stereocenters. The van der Waals surface area contributed by atoms with Gasteiger partial charge in [-0.3, -0.25) is 4.57 Å². The van der Waals surface area contributed by atoms with Gasteiger partial charge in [-0.2, -0.15) is 0 Å². The Hall–Kier alpha value is -10.5. The van der Waals surface area contributed by atoms with Crippen LogP contribution >= 0.6 is 0 Å². The Balaban J connectivity index is 0.000000114. The van der Waals surface area contributed by atoms with Crippen LogP contribution in [-0.2, 0) is 53.9 Å². The van der Waals surface area contributed by atoms with Gasteiger partial charge in [-0.25, -0.2) is 38.2 Å². The molecule has 13 aromatic rings. The highest BCUT2D eigenvalue weighted by Crippen LogP contribution is 2.42. The first-order valence-electron chi connectivity index (χ1n) is 34.9. The summed E-state index contributed by atoms with van der Waals surface area (Å²) in [6.07, 6.45) is 18.0. The molecule has 0 saturated heterocycles. The lowest BCUT2D eigenvalue weighted by molar-refractivity contribution is -0.663. The van der Waals surface area contributed by atoms with Gasteiger partial charge >= 0.3 is 0 Å². The lowest BCUT2D eigenvalue weighted by Gasteiger charge is -2.15. The van der Waals surface area contributed by atoms with Crippen LogP contribution in [0.2, 0.25) is 0 Å². The van der Waals surface area contributed by atoms with Gasteiger partial charge in [0.05, 0.1) is 73.4 Å². The van der Waals surface area contributed by atoms with Crippen molar-refractivity contribution < 1.29 is 26.5 Å². The third kappa shape index (κ3) is 10.3. The quantitative estimate of drug-likeness (QED) is 0.159. The molecule has 8 aromatic heterocycles. The summed E-state index contributed by atoms with van der Waals surface area (Å²) in [6.45, 7) is 20.3. The molecule has 0 amide bonds. The van der Waals surface area contributed by atoms with Crippen molar-refractivity contribution in [2.24, 2.45) is 28.2 Å².